The Bertz CT molecular complexity index is 99.7. The summed E-state index contributed by atoms with van der Waals surface area (Å²) < 4.78 is 0. The maximum atomic E-state index is 3.44. The van der Waals surface area contributed by atoms with E-state index >= 15 is 0 Å². The zero-order chi connectivity index (χ0) is 10.3. The third-order valence-corrected chi connectivity index (χ3v) is 2.89. The molecule has 0 aromatic carbocycles. The second-order valence-electron chi connectivity index (χ2n) is 3.75. The average Bonchev–Trinajstić information content (AvgIpc) is 2.71. The molecule has 1 N–H and O–H groups in total. The van der Waals surface area contributed by atoms with Crippen LogP contribution < -0.4 is 5.32 Å². The maximum Gasteiger partial charge on any atom is -0.00172 e. The van der Waals surface area contributed by atoms with Crippen molar-refractivity contribution in [3.63, 3.8) is 0 Å². The summed E-state index contributed by atoms with van der Waals surface area (Å²) in [5.74, 6) is 3.10. The molecule has 1 aliphatic heterocycles. The van der Waals surface area contributed by atoms with Crippen LogP contribution in [0.1, 0.15) is 47.5 Å². The van der Waals surface area contributed by atoms with Crippen molar-refractivity contribution >= 4 is 0 Å². The molecule has 0 aromatic rings. The molecule has 1 unspecified atom stereocenters. The first-order chi connectivity index (χ1) is 6.36. The highest BCUT2D eigenvalue weighted by molar-refractivity contribution is 4.88. The fraction of sp³-hybridized carbons (Fsp3) is 1.00. The summed E-state index contributed by atoms with van der Waals surface area (Å²) in [5.41, 5.74) is 0. The number of fused-ring (bicyclic) bond motifs is 1. The van der Waals surface area contributed by atoms with Gasteiger partial charge >= 0.3 is 0 Å². The van der Waals surface area contributed by atoms with Gasteiger partial charge in [0.2, 0.25) is 0 Å². The standard InChI is InChI=1S/C8H15N.2C2H6/c1-6-2-7-4-9-5-8(7)3-6;2*1-2/h6-9H,2-5H2,1H3;2*1-2H3/t6?,7-,8+;;. The Balaban J connectivity index is 0.000000322. The highest BCUT2D eigenvalue weighted by atomic mass is 14.9. The van der Waals surface area contributed by atoms with Gasteiger partial charge in [-0.15, -0.1) is 0 Å². The summed E-state index contributed by atoms with van der Waals surface area (Å²) in [4.78, 5) is 0. The van der Waals surface area contributed by atoms with E-state index in [1.54, 1.807) is 0 Å². The molecule has 1 heteroatoms. The lowest BCUT2D eigenvalue weighted by Crippen LogP contribution is -2.10. The van der Waals surface area contributed by atoms with Gasteiger partial charge in [0, 0.05) is 0 Å². The first kappa shape index (κ1) is 13.0. The minimum absolute atomic E-state index is 1.02. The van der Waals surface area contributed by atoms with Gasteiger partial charge in [0.15, 0.2) is 0 Å². The molecular formula is C12H27N. The van der Waals surface area contributed by atoms with Gasteiger partial charge in [0.1, 0.15) is 0 Å². The normalized spacial score (nSPS) is 35.3. The van der Waals surface area contributed by atoms with E-state index in [1.165, 1.54) is 25.9 Å². The fourth-order valence-electron chi connectivity index (χ4n) is 2.47. The average molecular weight is 185 g/mol. The van der Waals surface area contributed by atoms with Gasteiger partial charge < -0.3 is 5.32 Å². The van der Waals surface area contributed by atoms with Gasteiger partial charge in [0.25, 0.3) is 0 Å². The largest absolute Gasteiger partial charge is 0.316 e. The van der Waals surface area contributed by atoms with E-state index in [1.807, 2.05) is 27.7 Å². The zero-order valence-electron chi connectivity index (χ0n) is 10.1. The molecule has 1 nitrogen and oxygen atoms in total. The fourth-order valence-corrected chi connectivity index (χ4v) is 2.47. The van der Waals surface area contributed by atoms with Crippen molar-refractivity contribution in [2.75, 3.05) is 13.1 Å². The van der Waals surface area contributed by atoms with Crippen molar-refractivity contribution in [2.45, 2.75) is 47.5 Å². The predicted molar refractivity (Wildman–Crippen MR) is 60.9 cm³/mol. The Labute approximate surface area is 84.3 Å². The molecule has 2 rings (SSSR count). The SMILES string of the molecule is CC.CC.CC1C[C@H]2CNC[C@H]2C1. The van der Waals surface area contributed by atoms with Crippen LogP contribution in [0.3, 0.4) is 0 Å². The number of hydrogen-bond acceptors (Lipinski definition) is 1. The summed E-state index contributed by atoms with van der Waals surface area (Å²) in [6, 6.07) is 0. The molecule has 1 heterocycles. The number of nitrogens with one attached hydrogen (secondary N) is 1. The second-order valence-corrected chi connectivity index (χ2v) is 3.75. The molecular weight excluding hydrogens is 158 g/mol. The van der Waals surface area contributed by atoms with Gasteiger partial charge in [-0.3, -0.25) is 0 Å². The molecule has 80 valence electrons. The second kappa shape index (κ2) is 7.37. The third kappa shape index (κ3) is 3.68. The van der Waals surface area contributed by atoms with E-state index in [-0.39, 0.29) is 0 Å². The molecule has 1 saturated heterocycles. The Hall–Kier alpha value is -0.0400. The van der Waals surface area contributed by atoms with Crippen molar-refractivity contribution in [2.24, 2.45) is 17.8 Å². The van der Waals surface area contributed by atoms with Gasteiger partial charge in [-0.25, -0.2) is 0 Å². The zero-order valence-corrected chi connectivity index (χ0v) is 10.1. The van der Waals surface area contributed by atoms with E-state index in [9.17, 15) is 0 Å². The number of hydrogen-bond donors (Lipinski definition) is 1. The maximum absolute atomic E-state index is 3.44. The van der Waals surface area contributed by atoms with Gasteiger partial charge in [-0.2, -0.15) is 0 Å². The van der Waals surface area contributed by atoms with Gasteiger partial charge in [0.05, 0.1) is 0 Å². The van der Waals surface area contributed by atoms with Crippen molar-refractivity contribution in [3.05, 3.63) is 0 Å². The van der Waals surface area contributed by atoms with Crippen LogP contribution in [0.15, 0.2) is 0 Å². The monoisotopic (exact) mass is 185 g/mol. The van der Waals surface area contributed by atoms with Crippen LogP contribution in [0.5, 0.6) is 0 Å². The topological polar surface area (TPSA) is 12.0 Å². The predicted octanol–water partition coefficient (Wildman–Crippen LogP) is 3.30. The Morgan fingerprint density at radius 2 is 1.23 bits per heavy atom. The van der Waals surface area contributed by atoms with E-state index < -0.39 is 0 Å². The highest BCUT2D eigenvalue weighted by Crippen LogP contribution is 2.37. The molecule has 0 radical (unpaired) electrons. The van der Waals surface area contributed by atoms with Gasteiger partial charge in [-0.1, -0.05) is 34.6 Å². The molecule has 0 bridgehead atoms. The minimum Gasteiger partial charge on any atom is -0.316 e. The molecule has 3 atom stereocenters. The third-order valence-electron chi connectivity index (χ3n) is 2.89. The Morgan fingerprint density at radius 3 is 1.62 bits per heavy atom. The first-order valence-electron chi connectivity index (χ1n) is 6.07. The van der Waals surface area contributed by atoms with E-state index in [2.05, 4.69) is 12.2 Å². The summed E-state index contributed by atoms with van der Waals surface area (Å²) in [5, 5.41) is 3.44. The van der Waals surface area contributed by atoms with Crippen LogP contribution in [0, 0.1) is 17.8 Å². The van der Waals surface area contributed by atoms with Crippen LogP contribution in [-0.2, 0) is 0 Å². The lowest BCUT2D eigenvalue weighted by Gasteiger charge is -2.02. The smallest absolute Gasteiger partial charge is 0.00172 e. The number of rotatable bonds is 0. The lowest BCUT2D eigenvalue weighted by molar-refractivity contribution is 0.494. The van der Waals surface area contributed by atoms with Crippen LogP contribution in [0.2, 0.25) is 0 Å². The molecule has 0 amide bonds. The molecule has 2 fully saturated rings. The van der Waals surface area contributed by atoms with E-state index in [0.29, 0.717) is 0 Å². The van der Waals surface area contributed by atoms with Crippen molar-refractivity contribution in [1.29, 1.82) is 0 Å². The highest BCUT2D eigenvalue weighted by Gasteiger charge is 2.34. The van der Waals surface area contributed by atoms with Gasteiger partial charge in [-0.05, 0) is 43.7 Å². The van der Waals surface area contributed by atoms with Crippen LogP contribution in [0.25, 0.3) is 0 Å². The summed E-state index contributed by atoms with van der Waals surface area (Å²) >= 11 is 0. The first-order valence-corrected chi connectivity index (χ1v) is 6.07. The van der Waals surface area contributed by atoms with Crippen LogP contribution in [0.4, 0.5) is 0 Å². The summed E-state index contributed by atoms with van der Waals surface area (Å²) in [7, 11) is 0. The molecule has 1 saturated carbocycles. The minimum atomic E-state index is 1.02. The van der Waals surface area contributed by atoms with E-state index in [4.69, 9.17) is 0 Å². The Morgan fingerprint density at radius 1 is 0.846 bits per heavy atom. The molecule has 2 aliphatic rings. The molecule has 0 spiro atoms. The molecule has 13 heavy (non-hydrogen) atoms. The van der Waals surface area contributed by atoms with Crippen molar-refractivity contribution in [3.8, 4) is 0 Å². The lowest BCUT2D eigenvalue weighted by atomic mass is 10.0. The summed E-state index contributed by atoms with van der Waals surface area (Å²) in [6.07, 6.45) is 2.97. The van der Waals surface area contributed by atoms with E-state index in [0.717, 1.165) is 17.8 Å². The quantitative estimate of drug-likeness (QED) is 0.610. The van der Waals surface area contributed by atoms with Crippen molar-refractivity contribution in [1.82, 2.24) is 5.32 Å². The van der Waals surface area contributed by atoms with Crippen LogP contribution >= 0.6 is 0 Å². The Kier molecular flexibility index (Phi) is 7.35. The molecule has 0 aromatic heterocycles. The molecule has 1 aliphatic carbocycles. The summed E-state index contributed by atoms with van der Waals surface area (Å²) in [6.45, 7) is 13.0. The van der Waals surface area contributed by atoms with Crippen LogP contribution in [-0.4, -0.2) is 13.1 Å². The van der Waals surface area contributed by atoms with Crippen molar-refractivity contribution < 1.29 is 0 Å².